The van der Waals surface area contributed by atoms with Gasteiger partial charge >= 0.3 is 6.30 Å². The summed E-state index contributed by atoms with van der Waals surface area (Å²) in [5, 5.41) is 13.8. The third-order valence-electron chi connectivity index (χ3n) is 0.217. The number of alkyl halides is 3. The lowest BCUT2D eigenvalue weighted by molar-refractivity contribution is -0.327. The molecule has 0 aromatic rings. The van der Waals surface area contributed by atoms with E-state index < -0.39 is 11.5 Å². The Morgan fingerprint density at radius 3 is 1.57 bits per heavy atom. The molecule has 0 heterocycles. The van der Waals surface area contributed by atoms with Crippen LogP contribution in [-0.4, -0.2) is 16.7 Å². The van der Waals surface area contributed by atoms with Crippen molar-refractivity contribution in [1.29, 1.82) is 0 Å². The molecule has 0 saturated heterocycles. The molecule has 0 radical (unpaired) electrons. The summed E-state index contributed by atoms with van der Waals surface area (Å²) in [6, 6.07) is 0. The molecular weight excluding hydrogens is 115 g/mol. The van der Waals surface area contributed by atoms with Crippen LogP contribution in [0.25, 0.3) is 0 Å². The Hall–Kier alpha value is -0.330. The summed E-state index contributed by atoms with van der Waals surface area (Å²) >= 11 is 0. The molecule has 0 amide bonds. The molecule has 6 heteroatoms. The summed E-state index contributed by atoms with van der Waals surface area (Å²) in [5.74, 6) is 0. The van der Waals surface area contributed by atoms with E-state index >= 15 is 0 Å². The molecule has 0 bridgehead atoms. The van der Waals surface area contributed by atoms with Gasteiger partial charge in [0.1, 0.15) is 0 Å². The third kappa shape index (κ3) is 2.38. The molecule has 0 atom stereocenters. The van der Waals surface area contributed by atoms with Crippen LogP contribution in [0, 0.1) is 5.21 Å². The Bertz CT molecular complexity index is 58.4. The highest BCUT2D eigenvalue weighted by Gasteiger charge is 2.28. The van der Waals surface area contributed by atoms with E-state index in [4.69, 9.17) is 10.4 Å². The summed E-state index contributed by atoms with van der Waals surface area (Å²) < 4.78 is 31.6. The second-order valence-electron chi connectivity index (χ2n) is 0.741. The molecule has 0 unspecified atom stereocenters. The monoisotopic (exact) mass is 116 g/mol. The first kappa shape index (κ1) is 6.67. The van der Waals surface area contributed by atoms with Crippen molar-refractivity contribution >= 4 is 0 Å². The summed E-state index contributed by atoms with van der Waals surface area (Å²) in [6.45, 7) is 0. The standard InChI is InChI=1S/CHF3NO2/c2-1(3,4)5(6)7/h6H/q-1. The first-order valence-corrected chi connectivity index (χ1v) is 1.17. The van der Waals surface area contributed by atoms with E-state index in [1.165, 1.54) is 0 Å². The van der Waals surface area contributed by atoms with Crippen LogP contribution in [0.1, 0.15) is 0 Å². The van der Waals surface area contributed by atoms with Gasteiger partial charge in [-0.05, 0) is 0 Å². The maximum atomic E-state index is 10.5. The van der Waals surface area contributed by atoms with Crippen molar-refractivity contribution in [2.75, 3.05) is 0 Å². The van der Waals surface area contributed by atoms with Crippen LogP contribution >= 0.6 is 0 Å². The second kappa shape index (κ2) is 1.65. The highest BCUT2D eigenvalue weighted by Crippen LogP contribution is 2.16. The zero-order chi connectivity index (χ0) is 6.08. The van der Waals surface area contributed by atoms with E-state index in [0.29, 0.717) is 0 Å². The van der Waals surface area contributed by atoms with Gasteiger partial charge in [-0.25, -0.2) is 0 Å². The Balaban J connectivity index is 3.54. The smallest absolute Gasteiger partial charge is 0.470 e. The lowest BCUT2D eigenvalue weighted by Gasteiger charge is -2.21. The van der Waals surface area contributed by atoms with Crippen molar-refractivity contribution in [2.45, 2.75) is 6.30 Å². The highest BCUT2D eigenvalue weighted by atomic mass is 19.4. The third-order valence-corrected chi connectivity index (χ3v) is 0.217. The van der Waals surface area contributed by atoms with Crippen LogP contribution in [-0.2, 0) is 0 Å². The molecule has 0 aromatic heterocycles. The Morgan fingerprint density at radius 1 is 1.43 bits per heavy atom. The molecule has 0 fully saturated rings. The fraction of sp³-hybridized carbons (Fsp3) is 1.00. The number of hydrogen-bond acceptors (Lipinski definition) is 3. The van der Waals surface area contributed by atoms with E-state index in [-0.39, 0.29) is 0 Å². The molecule has 0 aliphatic rings. The fourth-order valence-corrected chi connectivity index (χ4v) is 0. The van der Waals surface area contributed by atoms with E-state index in [1.807, 2.05) is 0 Å². The van der Waals surface area contributed by atoms with Crippen molar-refractivity contribution in [1.82, 2.24) is 5.23 Å². The van der Waals surface area contributed by atoms with Gasteiger partial charge in [-0.15, -0.1) is 0 Å². The van der Waals surface area contributed by atoms with Gasteiger partial charge in [0.2, 0.25) is 0 Å². The average molecular weight is 116 g/mol. The van der Waals surface area contributed by atoms with Crippen molar-refractivity contribution in [3.63, 3.8) is 0 Å². The van der Waals surface area contributed by atoms with E-state index in [2.05, 4.69) is 0 Å². The van der Waals surface area contributed by atoms with Gasteiger partial charge in [-0.3, -0.25) is 0 Å². The molecule has 0 saturated carbocycles. The highest BCUT2D eigenvalue weighted by molar-refractivity contribution is 4.40. The molecule has 0 aromatic carbocycles. The van der Waals surface area contributed by atoms with Crippen LogP contribution in [0.3, 0.4) is 0 Å². The maximum absolute atomic E-state index is 10.5. The maximum Gasteiger partial charge on any atom is 0.470 e. The average Bonchev–Trinajstić information content (AvgIpc) is 1.31. The largest absolute Gasteiger partial charge is 0.756 e. The minimum atomic E-state index is -5.17. The topological polar surface area (TPSA) is 46.5 Å². The number of halogens is 3. The summed E-state index contributed by atoms with van der Waals surface area (Å²) in [6.07, 6.45) is -5.17. The first-order valence-electron chi connectivity index (χ1n) is 1.17. The molecule has 7 heavy (non-hydrogen) atoms. The van der Waals surface area contributed by atoms with Gasteiger partial charge in [0.15, 0.2) is 0 Å². The minimum absolute atomic E-state index is 2.06. The number of nitrogens with zero attached hydrogens (tertiary/aromatic N) is 1. The molecule has 0 rings (SSSR count). The SMILES string of the molecule is [O-]N(O)C(F)(F)F. The van der Waals surface area contributed by atoms with E-state index in [1.54, 1.807) is 0 Å². The number of hydroxylamine groups is 2. The molecule has 0 aliphatic carbocycles. The Labute approximate surface area is 36.5 Å². The van der Waals surface area contributed by atoms with Gasteiger partial charge in [0.25, 0.3) is 0 Å². The van der Waals surface area contributed by atoms with Crippen molar-refractivity contribution in [2.24, 2.45) is 0 Å². The predicted octanol–water partition coefficient (Wildman–Crippen LogP) is 0.695. The lowest BCUT2D eigenvalue weighted by Crippen LogP contribution is -2.28. The van der Waals surface area contributed by atoms with E-state index in [9.17, 15) is 13.2 Å². The van der Waals surface area contributed by atoms with Crippen LogP contribution < -0.4 is 0 Å². The Kier molecular flexibility index (Phi) is 1.57. The van der Waals surface area contributed by atoms with Crippen LogP contribution in [0.4, 0.5) is 13.2 Å². The number of rotatable bonds is 0. The van der Waals surface area contributed by atoms with Gasteiger partial charge < -0.3 is 10.4 Å². The van der Waals surface area contributed by atoms with E-state index in [0.717, 1.165) is 0 Å². The Morgan fingerprint density at radius 2 is 1.57 bits per heavy atom. The van der Waals surface area contributed by atoms with Gasteiger partial charge in [-0.1, -0.05) is 0 Å². The molecule has 0 aliphatic heterocycles. The van der Waals surface area contributed by atoms with Crippen molar-refractivity contribution < 1.29 is 18.4 Å². The van der Waals surface area contributed by atoms with Gasteiger partial charge in [0.05, 0.1) is 0 Å². The fourth-order valence-electron chi connectivity index (χ4n) is 0. The molecular formula is CHF3NO2-. The summed E-state index contributed by atoms with van der Waals surface area (Å²) in [7, 11) is 0. The molecule has 0 spiro atoms. The lowest BCUT2D eigenvalue weighted by atomic mass is 11.2. The normalized spacial score (nSPS) is 12.9. The van der Waals surface area contributed by atoms with Crippen LogP contribution in [0.15, 0.2) is 0 Å². The molecule has 1 N–H and O–H groups in total. The van der Waals surface area contributed by atoms with Gasteiger partial charge in [-0.2, -0.15) is 18.4 Å². The predicted molar refractivity (Wildman–Crippen MR) is 13.0 cm³/mol. The first-order chi connectivity index (χ1) is 2.94. The minimum Gasteiger partial charge on any atom is -0.756 e. The molecule has 3 nitrogen and oxygen atoms in total. The molecule has 44 valence electrons. The van der Waals surface area contributed by atoms with Crippen LogP contribution in [0.2, 0.25) is 0 Å². The van der Waals surface area contributed by atoms with Gasteiger partial charge in [0, 0.05) is 0 Å². The quantitative estimate of drug-likeness (QED) is 0.374. The second-order valence-corrected chi connectivity index (χ2v) is 0.741. The summed E-state index contributed by atoms with van der Waals surface area (Å²) in [4.78, 5) is 0. The summed E-state index contributed by atoms with van der Waals surface area (Å²) in [5.41, 5.74) is 0. The zero-order valence-electron chi connectivity index (χ0n) is 2.94. The van der Waals surface area contributed by atoms with Crippen molar-refractivity contribution in [3.05, 3.63) is 5.21 Å². The number of hydrogen-bond donors (Lipinski definition) is 1. The zero-order valence-corrected chi connectivity index (χ0v) is 2.94. The van der Waals surface area contributed by atoms with Crippen LogP contribution in [0.5, 0.6) is 0 Å². The van der Waals surface area contributed by atoms with Crippen molar-refractivity contribution in [3.8, 4) is 0 Å².